The maximum Gasteiger partial charge on any atom is 0.156 e. The van der Waals surface area contributed by atoms with Crippen molar-refractivity contribution >= 4 is 33.0 Å². The maximum atomic E-state index is 5.95. The van der Waals surface area contributed by atoms with Gasteiger partial charge in [0.05, 0.1) is 5.69 Å². The van der Waals surface area contributed by atoms with Gasteiger partial charge in [0.15, 0.2) is 5.15 Å². The molecule has 5 heteroatoms. The molecule has 0 bridgehead atoms. The van der Waals surface area contributed by atoms with Gasteiger partial charge in [0.1, 0.15) is 11.8 Å². The average molecular weight is 261 g/mol. The van der Waals surface area contributed by atoms with Crippen molar-refractivity contribution in [3.8, 4) is 0 Å². The number of halogens is 2. The third-order valence-electron chi connectivity index (χ3n) is 2.07. The Morgan fingerprint density at radius 2 is 2.15 bits per heavy atom. The smallest absolute Gasteiger partial charge is 0.156 e. The average Bonchev–Trinajstić information content (AvgIpc) is 2.33. The van der Waals surface area contributed by atoms with Gasteiger partial charge in [-0.05, 0) is 35.3 Å². The van der Waals surface area contributed by atoms with Crippen LogP contribution in [0.1, 0.15) is 11.3 Å². The number of aromatic nitrogens is 3. The SMILES string of the molecule is Cc1c(Br)c(C)n2ncnc(Cl)c12. The molecule has 0 atom stereocenters. The second-order valence-electron chi connectivity index (χ2n) is 2.84. The number of rotatable bonds is 0. The lowest BCUT2D eigenvalue weighted by atomic mass is 10.3. The highest BCUT2D eigenvalue weighted by Gasteiger charge is 2.13. The molecular formula is C8H7BrClN3. The molecule has 0 aromatic carbocycles. The molecule has 3 nitrogen and oxygen atoms in total. The van der Waals surface area contributed by atoms with Crippen LogP contribution < -0.4 is 0 Å². The summed E-state index contributed by atoms with van der Waals surface area (Å²) < 4.78 is 2.82. The summed E-state index contributed by atoms with van der Waals surface area (Å²) in [5, 5.41) is 4.60. The number of aryl methyl sites for hydroxylation is 2. The molecule has 0 fully saturated rings. The van der Waals surface area contributed by atoms with Crippen molar-refractivity contribution < 1.29 is 0 Å². The molecule has 0 unspecified atom stereocenters. The number of hydrogen-bond acceptors (Lipinski definition) is 2. The molecule has 0 radical (unpaired) electrons. The number of hydrogen-bond donors (Lipinski definition) is 0. The third kappa shape index (κ3) is 1.16. The molecule has 0 aliphatic carbocycles. The highest BCUT2D eigenvalue weighted by Crippen LogP contribution is 2.29. The lowest BCUT2D eigenvalue weighted by molar-refractivity contribution is 0.869. The lowest BCUT2D eigenvalue weighted by Crippen LogP contribution is -1.94. The first-order valence-corrected chi connectivity index (χ1v) is 4.94. The predicted octanol–water partition coefficient (Wildman–Crippen LogP) is 2.76. The molecule has 2 rings (SSSR count). The molecule has 0 aliphatic heterocycles. The summed E-state index contributed by atoms with van der Waals surface area (Å²) in [4.78, 5) is 3.94. The molecule has 2 heterocycles. The van der Waals surface area contributed by atoms with Crippen LogP contribution in [0.5, 0.6) is 0 Å². The summed E-state index contributed by atoms with van der Waals surface area (Å²) in [5.74, 6) is 0. The summed E-state index contributed by atoms with van der Waals surface area (Å²) >= 11 is 9.43. The van der Waals surface area contributed by atoms with Crippen LogP contribution in [0.4, 0.5) is 0 Å². The Kier molecular flexibility index (Phi) is 2.04. The Morgan fingerprint density at radius 1 is 1.46 bits per heavy atom. The zero-order valence-electron chi connectivity index (χ0n) is 7.17. The molecule has 0 N–H and O–H groups in total. The number of nitrogens with zero attached hydrogens (tertiary/aromatic N) is 3. The second kappa shape index (κ2) is 2.96. The van der Waals surface area contributed by atoms with E-state index in [1.165, 1.54) is 6.33 Å². The first-order chi connectivity index (χ1) is 6.13. The summed E-state index contributed by atoms with van der Waals surface area (Å²) in [5.41, 5.74) is 2.98. The largest absolute Gasteiger partial charge is 0.232 e. The van der Waals surface area contributed by atoms with Crippen LogP contribution >= 0.6 is 27.5 Å². The fourth-order valence-corrected chi connectivity index (χ4v) is 1.99. The van der Waals surface area contributed by atoms with Gasteiger partial charge >= 0.3 is 0 Å². The van der Waals surface area contributed by atoms with Crippen molar-refractivity contribution in [2.75, 3.05) is 0 Å². The molecule has 0 saturated carbocycles. The van der Waals surface area contributed by atoms with Crippen LogP contribution in [-0.2, 0) is 0 Å². The Morgan fingerprint density at radius 3 is 2.77 bits per heavy atom. The molecule has 2 aromatic rings. The van der Waals surface area contributed by atoms with E-state index in [0.29, 0.717) is 5.15 Å². The molecule has 68 valence electrons. The molecule has 0 amide bonds. The Balaban J connectivity index is 3.03. The van der Waals surface area contributed by atoms with Gasteiger partial charge < -0.3 is 0 Å². The van der Waals surface area contributed by atoms with Crippen LogP contribution in [0.25, 0.3) is 5.52 Å². The highest BCUT2D eigenvalue weighted by atomic mass is 79.9. The van der Waals surface area contributed by atoms with E-state index in [4.69, 9.17) is 11.6 Å². The minimum Gasteiger partial charge on any atom is -0.232 e. The van der Waals surface area contributed by atoms with Crippen LogP contribution in [0.2, 0.25) is 5.15 Å². The molecular weight excluding hydrogens is 253 g/mol. The Labute approximate surface area is 88.9 Å². The van der Waals surface area contributed by atoms with Crippen molar-refractivity contribution in [3.05, 3.63) is 27.2 Å². The highest BCUT2D eigenvalue weighted by molar-refractivity contribution is 9.10. The summed E-state index contributed by atoms with van der Waals surface area (Å²) in [6.07, 6.45) is 1.45. The molecule has 0 aliphatic rings. The quantitative estimate of drug-likeness (QED) is 0.729. The van der Waals surface area contributed by atoms with Gasteiger partial charge in [-0.2, -0.15) is 5.10 Å². The minimum atomic E-state index is 0.487. The van der Waals surface area contributed by atoms with Crippen molar-refractivity contribution in [3.63, 3.8) is 0 Å². The molecule has 0 spiro atoms. The van der Waals surface area contributed by atoms with Crippen molar-refractivity contribution in [2.24, 2.45) is 0 Å². The first-order valence-electron chi connectivity index (χ1n) is 3.77. The summed E-state index contributed by atoms with van der Waals surface area (Å²) in [6.45, 7) is 3.97. The van der Waals surface area contributed by atoms with E-state index in [-0.39, 0.29) is 0 Å². The maximum absolute atomic E-state index is 5.95. The predicted molar refractivity (Wildman–Crippen MR) is 55.2 cm³/mol. The van der Waals surface area contributed by atoms with E-state index < -0.39 is 0 Å². The van der Waals surface area contributed by atoms with Crippen LogP contribution in [0.3, 0.4) is 0 Å². The minimum absolute atomic E-state index is 0.487. The third-order valence-corrected chi connectivity index (χ3v) is 3.51. The zero-order chi connectivity index (χ0) is 9.59. The molecule has 13 heavy (non-hydrogen) atoms. The Bertz CT molecular complexity index is 478. The van der Waals surface area contributed by atoms with Gasteiger partial charge in [-0.15, -0.1) is 0 Å². The van der Waals surface area contributed by atoms with Gasteiger partial charge in [0.2, 0.25) is 0 Å². The van der Waals surface area contributed by atoms with E-state index >= 15 is 0 Å². The van der Waals surface area contributed by atoms with E-state index in [1.54, 1.807) is 4.52 Å². The fourth-order valence-electron chi connectivity index (χ4n) is 1.37. The van der Waals surface area contributed by atoms with Gasteiger partial charge in [0, 0.05) is 4.47 Å². The fraction of sp³-hybridized carbons (Fsp3) is 0.250. The zero-order valence-corrected chi connectivity index (χ0v) is 9.52. The van der Waals surface area contributed by atoms with E-state index in [9.17, 15) is 0 Å². The van der Waals surface area contributed by atoms with E-state index in [2.05, 4.69) is 26.0 Å². The normalized spacial score (nSPS) is 11.1. The topological polar surface area (TPSA) is 30.2 Å². The first kappa shape index (κ1) is 8.97. The summed E-state index contributed by atoms with van der Waals surface area (Å²) in [7, 11) is 0. The molecule has 2 aromatic heterocycles. The van der Waals surface area contributed by atoms with Crippen molar-refractivity contribution in [1.82, 2.24) is 14.6 Å². The van der Waals surface area contributed by atoms with Crippen LogP contribution in [0.15, 0.2) is 10.8 Å². The van der Waals surface area contributed by atoms with Crippen LogP contribution in [-0.4, -0.2) is 14.6 Å². The molecule has 0 saturated heterocycles. The van der Waals surface area contributed by atoms with Crippen molar-refractivity contribution in [2.45, 2.75) is 13.8 Å². The van der Waals surface area contributed by atoms with Gasteiger partial charge in [-0.25, -0.2) is 9.50 Å². The second-order valence-corrected chi connectivity index (χ2v) is 3.99. The Hall–Kier alpha value is -0.610. The van der Waals surface area contributed by atoms with Crippen LogP contribution in [0, 0.1) is 13.8 Å². The standard InChI is InChI=1S/C8H7BrClN3/c1-4-6(9)5(2)13-7(4)8(10)11-3-12-13/h3H,1-2H3. The van der Waals surface area contributed by atoms with Gasteiger partial charge in [0.25, 0.3) is 0 Å². The summed E-state index contributed by atoms with van der Waals surface area (Å²) in [6, 6.07) is 0. The van der Waals surface area contributed by atoms with Crippen molar-refractivity contribution in [1.29, 1.82) is 0 Å². The monoisotopic (exact) mass is 259 g/mol. The van der Waals surface area contributed by atoms with E-state index in [1.807, 2.05) is 13.8 Å². The van der Waals surface area contributed by atoms with Gasteiger partial charge in [-0.3, -0.25) is 0 Å². The number of fused-ring (bicyclic) bond motifs is 1. The lowest BCUT2D eigenvalue weighted by Gasteiger charge is -1.96. The van der Waals surface area contributed by atoms with Gasteiger partial charge in [-0.1, -0.05) is 11.6 Å². The van der Waals surface area contributed by atoms with E-state index in [0.717, 1.165) is 21.2 Å².